The van der Waals surface area contributed by atoms with Crippen molar-refractivity contribution >= 4 is 0 Å². The highest BCUT2D eigenvalue weighted by Gasteiger charge is 2.31. The maximum atomic E-state index is 4.17. The van der Waals surface area contributed by atoms with E-state index in [2.05, 4.69) is 16.4 Å². The first-order valence-electron chi connectivity index (χ1n) is 4.62. The van der Waals surface area contributed by atoms with E-state index in [1.54, 1.807) is 0 Å². The molecule has 1 fully saturated rings. The number of hydrogen-bond donors (Lipinski definition) is 1. The zero-order valence-electron chi connectivity index (χ0n) is 6.96. The smallest absolute Gasteiger partial charge is 0.0327 e. The summed E-state index contributed by atoms with van der Waals surface area (Å²) in [7, 11) is 0. The second kappa shape index (κ2) is 2.30. The first-order chi connectivity index (χ1) is 5.93. The quantitative estimate of drug-likeness (QED) is 0.621. The van der Waals surface area contributed by atoms with Crippen LogP contribution in [0.25, 0.3) is 0 Å². The number of fused-ring (bicyclic) bond motifs is 4. The van der Waals surface area contributed by atoms with E-state index in [0.717, 1.165) is 6.04 Å². The summed E-state index contributed by atoms with van der Waals surface area (Å²) >= 11 is 0. The third-order valence-corrected chi connectivity index (χ3v) is 3.02. The second-order valence-corrected chi connectivity index (χ2v) is 3.77. The zero-order valence-corrected chi connectivity index (χ0v) is 6.96. The molecule has 0 spiro atoms. The van der Waals surface area contributed by atoms with Crippen LogP contribution in [-0.4, -0.2) is 11.0 Å². The van der Waals surface area contributed by atoms with Gasteiger partial charge in [0.2, 0.25) is 0 Å². The predicted octanol–water partition coefficient (Wildman–Crippen LogP) is 1.43. The Morgan fingerprint density at radius 2 is 2.42 bits per heavy atom. The minimum Gasteiger partial charge on any atom is -0.307 e. The van der Waals surface area contributed by atoms with E-state index in [9.17, 15) is 0 Å². The van der Waals surface area contributed by atoms with Crippen LogP contribution in [0.2, 0.25) is 0 Å². The van der Waals surface area contributed by atoms with Crippen molar-refractivity contribution in [2.75, 3.05) is 0 Å². The summed E-state index contributed by atoms with van der Waals surface area (Å²) in [6, 6.07) is 3.52. The van der Waals surface area contributed by atoms with Gasteiger partial charge < -0.3 is 5.32 Å². The molecule has 0 radical (unpaired) electrons. The van der Waals surface area contributed by atoms with Gasteiger partial charge in [0, 0.05) is 24.5 Å². The molecule has 12 heavy (non-hydrogen) atoms. The van der Waals surface area contributed by atoms with Crippen LogP contribution in [0.1, 0.15) is 30.0 Å². The normalized spacial score (nSPS) is 31.7. The highest BCUT2D eigenvalue weighted by Crippen LogP contribution is 2.34. The van der Waals surface area contributed by atoms with E-state index < -0.39 is 0 Å². The number of nitrogens with zero attached hydrogens (tertiary/aromatic N) is 1. The molecule has 3 rings (SSSR count). The molecule has 1 N–H and O–H groups in total. The maximum Gasteiger partial charge on any atom is 0.0327 e. The molecule has 0 aliphatic carbocycles. The number of nitrogens with one attached hydrogen (secondary N) is 1. The average molecular weight is 160 g/mol. The Labute approximate surface area is 72.0 Å². The van der Waals surface area contributed by atoms with Gasteiger partial charge in [0.1, 0.15) is 0 Å². The summed E-state index contributed by atoms with van der Waals surface area (Å²) in [5.41, 5.74) is 2.95. The molecule has 2 bridgehead atoms. The van der Waals surface area contributed by atoms with E-state index in [-0.39, 0.29) is 0 Å². The molecule has 2 heteroatoms. The predicted molar refractivity (Wildman–Crippen MR) is 46.8 cm³/mol. The summed E-state index contributed by atoms with van der Waals surface area (Å²) in [4.78, 5) is 4.17. The summed E-state index contributed by atoms with van der Waals surface area (Å²) < 4.78 is 0. The van der Waals surface area contributed by atoms with Crippen LogP contribution < -0.4 is 5.32 Å². The van der Waals surface area contributed by atoms with E-state index in [4.69, 9.17) is 0 Å². The fourth-order valence-corrected chi connectivity index (χ4v) is 2.44. The number of aromatic nitrogens is 1. The Morgan fingerprint density at radius 1 is 1.42 bits per heavy atom. The minimum atomic E-state index is 0.627. The fraction of sp³-hybridized carbons (Fsp3) is 0.500. The molecule has 2 nitrogen and oxygen atoms in total. The number of rotatable bonds is 0. The van der Waals surface area contributed by atoms with E-state index in [1.807, 2.05) is 12.4 Å². The van der Waals surface area contributed by atoms with Gasteiger partial charge in [0.15, 0.2) is 0 Å². The maximum absolute atomic E-state index is 4.17. The lowest BCUT2D eigenvalue weighted by Gasteiger charge is -2.23. The Morgan fingerprint density at radius 3 is 3.42 bits per heavy atom. The van der Waals surface area contributed by atoms with Gasteiger partial charge in [0.25, 0.3) is 0 Å². The van der Waals surface area contributed by atoms with Crippen molar-refractivity contribution in [2.24, 2.45) is 0 Å². The summed E-state index contributed by atoms with van der Waals surface area (Å²) in [6.07, 6.45) is 7.75. The van der Waals surface area contributed by atoms with Crippen molar-refractivity contribution in [3.05, 3.63) is 29.6 Å². The topological polar surface area (TPSA) is 24.9 Å². The van der Waals surface area contributed by atoms with Crippen molar-refractivity contribution in [1.29, 1.82) is 0 Å². The van der Waals surface area contributed by atoms with Crippen LogP contribution in [0.3, 0.4) is 0 Å². The van der Waals surface area contributed by atoms with E-state index in [0.29, 0.717) is 6.04 Å². The minimum absolute atomic E-state index is 0.627. The number of pyridine rings is 1. The number of hydrogen-bond acceptors (Lipinski definition) is 2. The first kappa shape index (κ1) is 6.61. The van der Waals surface area contributed by atoms with Crippen LogP contribution in [0.15, 0.2) is 18.5 Å². The van der Waals surface area contributed by atoms with Gasteiger partial charge in [0.05, 0.1) is 0 Å². The van der Waals surface area contributed by atoms with Crippen molar-refractivity contribution < 1.29 is 0 Å². The Kier molecular flexibility index (Phi) is 1.27. The molecular formula is C10H12N2. The Hall–Kier alpha value is -0.890. The van der Waals surface area contributed by atoms with Gasteiger partial charge in [-0.05, 0) is 36.5 Å². The van der Waals surface area contributed by atoms with Crippen LogP contribution in [0, 0.1) is 0 Å². The molecule has 1 saturated heterocycles. The molecule has 1 aromatic rings. The van der Waals surface area contributed by atoms with Gasteiger partial charge in [-0.2, -0.15) is 0 Å². The van der Waals surface area contributed by atoms with Crippen LogP contribution in [0.4, 0.5) is 0 Å². The van der Waals surface area contributed by atoms with Crippen molar-refractivity contribution in [3.63, 3.8) is 0 Å². The van der Waals surface area contributed by atoms with Gasteiger partial charge in [-0.25, -0.2) is 0 Å². The van der Waals surface area contributed by atoms with Gasteiger partial charge in [-0.1, -0.05) is 0 Å². The standard InChI is InChI=1S/C10H12N2/c1-2-10-9-3-4-11-6-7(9)5-8(1)12-10/h3-4,6,8,10,12H,1-2,5H2. The third kappa shape index (κ3) is 0.815. The molecule has 3 heterocycles. The lowest BCUT2D eigenvalue weighted by molar-refractivity contribution is 0.513. The molecule has 1 aromatic heterocycles. The molecule has 0 aromatic carbocycles. The second-order valence-electron chi connectivity index (χ2n) is 3.77. The molecule has 62 valence electrons. The summed E-state index contributed by atoms with van der Waals surface area (Å²) in [6.45, 7) is 0. The largest absolute Gasteiger partial charge is 0.307 e. The molecule has 2 aliphatic rings. The molecule has 2 unspecified atom stereocenters. The highest BCUT2D eigenvalue weighted by atomic mass is 15.0. The molecular weight excluding hydrogens is 148 g/mol. The van der Waals surface area contributed by atoms with E-state index >= 15 is 0 Å². The van der Waals surface area contributed by atoms with Gasteiger partial charge in [-0.3, -0.25) is 4.98 Å². The van der Waals surface area contributed by atoms with Crippen molar-refractivity contribution in [1.82, 2.24) is 10.3 Å². The van der Waals surface area contributed by atoms with E-state index in [1.165, 1.54) is 30.4 Å². The van der Waals surface area contributed by atoms with Crippen molar-refractivity contribution in [2.45, 2.75) is 31.3 Å². The molecule has 2 atom stereocenters. The van der Waals surface area contributed by atoms with Crippen LogP contribution in [-0.2, 0) is 6.42 Å². The summed E-state index contributed by atoms with van der Waals surface area (Å²) in [5.74, 6) is 0. The average Bonchev–Trinajstić information content (AvgIpc) is 2.49. The Bertz CT molecular complexity index is 308. The SMILES string of the molecule is c1cc2c(cn1)CC1CCC2N1. The Balaban J connectivity index is 2.13. The van der Waals surface area contributed by atoms with Gasteiger partial charge >= 0.3 is 0 Å². The van der Waals surface area contributed by atoms with Gasteiger partial charge in [-0.15, -0.1) is 0 Å². The lowest BCUT2D eigenvalue weighted by atomic mass is 9.98. The first-order valence-corrected chi connectivity index (χ1v) is 4.62. The fourth-order valence-electron chi connectivity index (χ4n) is 2.44. The van der Waals surface area contributed by atoms with Crippen LogP contribution >= 0.6 is 0 Å². The molecule has 0 saturated carbocycles. The third-order valence-electron chi connectivity index (χ3n) is 3.02. The highest BCUT2D eigenvalue weighted by molar-refractivity contribution is 5.32. The lowest BCUT2D eigenvalue weighted by Crippen LogP contribution is -2.31. The zero-order chi connectivity index (χ0) is 7.97. The van der Waals surface area contributed by atoms with Crippen molar-refractivity contribution in [3.8, 4) is 0 Å². The molecule has 2 aliphatic heterocycles. The summed E-state index contributed by atoms with van der Waals surface area (Å²) in [5, 5.41) is 3.62. The van der Waals surface area contributed by atoms with Crippen LogP contribution in [0.5, 0.6) is 0 Å². The molecule has 0 amide bonds. The monoisotopic (exact) mass is 160 g/mol.